The summed E-state index contributed by atoms with van der Waals surface area (Å²) in [7, 11) is -1.38. The fourth-order valence-electron chi connectivity index (χ4n) is 3.47. The van der Waals surface area contributed by atoms with Crippen molar-refractivity contribution >= 4 is 8.07 Å². The third kappa shape index (κ3) is 1.38. The van der Waals surface area contributed by atoms with Crippen LogP contribution in [0.25, 0.3) is 0 Å². The number of rotatable bonds is 5. The molecule has 0 spiro atoms. The summed E-state index contributed by atoms with van der Waals surface area (Å²) < 4.78 is 0. The van der Waals surface area contributed by atoms with Gasteiger partial charge in [-0.25, -0.2) is 0 Å². The first-order valence-corrected chi connectivity index (χ1v) is 8.96. The Morgan fingerprint density at radius 3 is 1.64 bits per heavy atom. The fourth-order valence-corrected chi connectivity index (χ4v) is 9.91. The minimum atomic E-state index is -1.38. The molecular weight excluding hydrogens is 188 g/mol. The van der Waals surface area contributed by atoms with Crippen LogP contribution in [0, 0.1) is 0 Å². The zero-order chi connectivity index (χ0) is 10.4. The number of hydrogen-bond acceptors (Lipinski definition) is 1. The van der Waals surface area contributed by atoms with Crippen LogP contribution >= 0.6 is 0 Å². The van der Waals surface area contributed by atoms with Crippen molar-refractivity contribution in [2.45, 2.75) is 75.2 Å². The average Bonchev–Trinajstić information content (AvgIpc) is 3.07. The van der Waals surface area contributed by atoms with Gasteiger partial charge >= 0.3 is 0 Å². The third-order valence-corrected chi connectivity index (χ3v) is 12.3. The van der Waals surface area contributed by atoms with Crippen molar-refractivity contribution < 1.29 is 5.11 Å². The van der Waals surface area contributed by atoms with Crippen LogP contribution in [0.1, 0.15) is 52.4 Å². The topological polar surface area (TPSA) is 20.2 Å². The molecule has 0 aromatic rings. The van der Waals surface area contributed by atoms with Crippen LogP contribution in [0.3, 0.4) is 0 Å². The van der Waals surface area contributed by atoms with E-state index < -0.39 is 8.07 Å². The highest BCUT2D eigenvalue weighted by molar-refractivity contribution is 6.85. The first kappa shape index (κ1) is 10.7. The lowest BCUT2D eigenvalue weighted by molar-refractivity contribution is 0.103. The average molecular weight is 212 g/mol. The van der Waals surface area contributed by atoms with Crippen molar-refractivity contribution in [1.82, 2.24) is 0 Å². The lowest BCUT2D eigenvalue weighted by Crippen LogP contribution is -2.57. The van der Waals surface area contributed by atoms with E-state index in [-0.39, 0.29) is 5.22 Å². The summed E-state index contributed by atoms with van der Waals surface area (Å²) in [6.07, 6.45) is 7.64. The van der Waals surface area contributed by atoms with Gasteiger partial charge in [-0.3, -0.25) is 0 Å². The van der Waals surface area contributed by atoms with Crippen LogP contribution in [-0.4, -0.2) is 18.4 Å². The zero-order valence-electron chi connectivity index (χ0n) is 9.84. The Hall–Kier alpha value is 0.177. The fraction of sp³-hybridized carbons (Fsp3) is 1.00. The summed E-state index contributed by atoms with van der Waals surface area (Å²) in [5.41, 5.74) is 1.92. The summed E-state index contributed by atoms with van der Waals surface area (Å²) in [6.45, 7) is 6.86. The Labute approximate surface area is 88.9 Å². The summed E-state index contributed by atoms with van der Waals surface area (Å²) in [4.78, 5) is 0. The second-order valence-corrected chi connectivity index (χ2v) is 10.7. The van der Waals surface area contributed by atoms with Gasteiger partial charge in [0.25, 0.3) is 0 Å². The van der Waals surface area contributed by atoms with Gasteiger partial charge in [-0.1, -0.05) is 46.1 Å². The van der Waals surface area contributed by atoms with E-state index >= 15 is 0 Å². The molecule has 0 saturated heterocycles. The molecule has 2 rings (SSSR count). The summed E-state index contributed by atoms with van der Waals surface area (Å²) in [6, 6.07) is 0. The first-order chi connectivity index (χ1) is 6.58. The molecule has 1 nitrogen and oxygen atoms in total. The minimum Gasteiger partial charge on any atom is -0.393 e. The van der Waals surface area contributed by atoms with Gasteiger partial charge in [0.05, 0.1) is 13.3 Å². The van der Waals surface area contributed by atoms with E-state index in [1.54, 1.807) is 0 Å². The van der Waals surface area contributed by atoms with E-state index in [1.807, 2.05) is 0 Å². The highest BCUT2D eigenvalue weighted by Gasteiger charge is 2.61. The van der Waals surface area contributed by atoms with Crippen molar-refractivity contribution in [3.8, 4) is 0 Å². The largest absolute Gasteiger partial charge is 0.393 e. The monoisotopic (exact) mass is 212 g/mol. The Bertz CT molecular complexity index is 202. The lowest BCUT2D eigenvalue weighted by atomic mass is 10.2. The summed E-state index contributed by atoms with van der Waals surface area (Å²) in [5, 5.41) is 10.6. The molecule has 0 unspecified atom stereocenters. The normalized spacial score (nSPS) is 24.0. The highest BCUT2D eigenvalue weighted by Crippen LogP contribution is 2.62. The maximum absolute atomic E-state index is 10.8. The molecule has 0 aliphatic heterocycles. The molecule has 82 valence electrons. The van der Waals surface area contributed by atoms with Crippen molar-refractivity contribution in [1.29, 1.82) is 0 Å². The van der Waals surface area contributed by atoms with Gasteiger partial charge in [-0.15, -0.1) is 0 Å². The second kappa shape index (κ2) is 3.34. The smallest absolute Gasteiger partial charge is 0.0942 e. The van der Waals surface area contributed by atoms with Crippen LogP contribution in [0.4, 0.5) is 0 Å². The number of aliphatic hydroxyl groups is 1. The van der Waals surface area contributed by atoms with E-state index in [9.17, 15) is 5.11 Å². The predicted octanol–water partition coefficient (Wildman–Crippen LogP) is 3.48. The Kier molecular flexibility index (Phi) is 2.55. The zero-order valence-corrected chi connectivity index (χ0v) is 10.8. The minimum absolute atomic E-state index is 0.255. The Morgan fingerprint density at radius 1 is 1.07 bits per heavy atom. The van der Waals surface area contributed by atoms with Gasteiger partial charge in [0.2, 0.25) is 0 Å². The molecule has 0 radical (unpaired) electrons. The molecule has 0 aromatic heterocycles. The molecule has 2 aliphatic rings. The molecule has 0 heterocycles. The maximum Gasteiger partial charge on any atom is 0.0942 e. The van der Waals surface area contributed by atoms with Crippen molar-refractivity contribution in [2.75, 3.05) is 0 Å². The first-order valence-electron chi connectivity index (χ1n) is 6.31. The summed E-state index contributed by atoms with van der Waals surface area (Å²) in [5.74, 6) is 0. The molecule has 14 heavy (non-hydrogen) atoms. The lowest BCUT2D eigenvalue weighted by Gasteiger charge is -2.44. The van der Waals surface area contributed by atoms with Gasteiger partial charge in [0.15, 0.2) is 0 Å². The van der Waals surface area contributed by atoms with Crippen LogP contribution in [0.2, 0.25) is 17.6 Å². The van der Waals surface area contributed by atoms with Gasteiger partial charge in [0, 0.05) is 0 Å². The molecule has 2 heteroatoms. The Balaban J connectivity index is 2.23. The van der Waals surface area contributed by atoms with E-state index in [0.717, 1.165) is 23.9 Å². The molecule has 2 fully saturated rings. The molecule has 0 atom stereocenters. The SMILES string of the molecule is CCC(O)(CC)[Si](C)(C1CC1)C1CC1. The van der Waals surface area contributed by atoms with Gasteiger partial charge in [0.1, 0.15) is 0 Å². The molecular formula is C12H24OSi. The van der Waals surface area contributed by atoms with E-state index in [1.165, 1.54) is 25.7 Å². The third-order valence-electron chi connectivity index (χ3n) is 5.02. The van der Waals surface area contributed by atoms with Crippen LogP contribution in [-0.2, 0) is 0 Å². The molecule has 0 amide bonds. The van der Waals surface area contributed by atoms with E-state index in [4.69, 9.17) is 0 Å². The van der Waals surface area contributed by atoms with Crippen molar-refractivity contribution in [2.24, 2.45) is 0 Å². The molecule has 1 N–H and O–H groups in total. The van der Waals surface area contributed by atoms with Gasteiger partial charge in [-0.05, 0) is 23.9 Å². The number of hydrogen-bond donors (Lipinski definition) is 1. The van der Waals surface area contributed by atoms with Crippen LogP contribution < -0.4 is 0 Å². The molecule has 2 aliphatic carbocycles. The summed E-state index contributed by atoms with van der Waals surface area (Å²) >= 11 is 0. The highest BCUT2D eigenvalue weighted by atomic mass is 28.3. The van der Waals surface area contributed by atoms with Crippen molar-refractivity contribution in [3.05, 3.63) is 0 Å². The molecule has 0 aromatic carbocycles. The van der Waals surface area contributed by atoms with Gasteiger partial charge < -0.3 is 5.11 Å². The molecule has 0 bridgehead atoms. The van der Waals surface area contributed by atoms with Crippen LogP contribution in [0.15, 0.2) is 0 Å². The second-order valence-electron chi connectivity index (χ2n) is 5.57. The maximum atomic E-state index is 10.8. The van der Waals surface area contributed by atoms with Gasteiger partial charge in [-0.2, -0.15) is 0 Å². The van der Waals surface area contributed by atoms with E-state index in [2.05, 4.69) is 20.4 Å². The quantitative estimate of drug-likeness (QED) is 0.692. The van der Waals surface area contributed by atoms with E-state index in [0.29, 0.717) is 0 Å². The molecule has 2 saturated carbocycles. The Morgan fingerprint density at radius 2 is 1.43 bits per heavy atom. The standard InChI is InChI=1S/C12H24OSi/c1-4-12(13,5-2)14(3,10-6-7-10)11-8-9-11/h10-11,13H,4-9H2,1-3H3. The predicted molar refractivity (Wildman–Crippen MR) is 63.1 cm³/mol. The van der Waals surface area contributed by atoms with Crippen molar-refractivity contribution in [3.63, 3.8) is 0 Å². The van der Waals surface area contributed by atoms with Crippen LogP contribution in [0.5, 0.6) is 0 Å².